The van der Waals surface area contributed by atoms with E-state index in [-0.39, 0.29) is 5.69 Å². The third kappa shape index (κ3) is 5.97. The first-order valence-electron chi connectivity index (χ1n) is 7.53. The Morgan fingerprint density at radius 3 is 2.45 bits per heavy atom. The zero-order chi connectivity index (χ0) is 15.6. The first-order chi connectivity index (χ1) is 10.8. The van der Waals surface area contributed by atoms with Crippen LogP contribution in [0.3, 0.4) is 0 Å². The van der Waals surface area contributed by atoms with Crippen LogP contribution in [0.5, 0.6) is 5.75 Å². The lowest BCUT2D eigenvalue weighted by molar-refractivity contribution is -0.384. The molecule has 1 aliphatic rings. The second kappa shape index (κ2) is 9.34. The van der Waals surface area contributed by atoms with Gasteiger partial charge in [-0.2, -0.15) is 0 Å². The molecule has 0 unspecified atom stereocenters. The summed E-state index contributed by atoms with van der Waals surface area (Å²) in [5, 5.41) is 13.8. The van der Waals surface area contributed by atoms with E-state index in [1.54, 1.807) is 12.1 Å². The van der Waals surface area contributed by atoms with E-state index in [4.69, 9.17) is 14.2 Å². The third-order valence-electron chi connectivity index (χ3n) is 3.41. The molecular formula is C15H22N2O5. The summed E-state index contributed by atoms with van der Waals surface area (Å²) < 4.78 is 16.6. The molecule has 0 radical (unpaired) electrons. The number of piperidine rings is 1. The lowest BCUT2D eigenvalue weighted by Crippen LogP contribution is -2.33. The molecule has 0 amide bonds. The van der Waals surface area contributed by atoms with Gasteiger partial charge in [-0.1, -0.05) is 0 Å². The van der Waals surface area contributed by atoms with Gasteiger partial charge in [-0.05, 0) is 38.1 Å². The molecule has 0 atom stereocenters. The summed E-state index contributed by atoms with van der Waals surface area (Å²) in [5.74, 6) is 0.597. The predicted octanol–water partition coefficient (Wildman–Crippen LogP) is 1.76. The number of ether oxygens (including phenoxy) is 3. The second-order valence-electron chi connectivity index (χ2n) is 5.03. The molecule has 7 nitrogen and oxygen atoms in total. The Bertz CT molecular complexity index is 446. The molecule has 22 heavy (non-hydrogen) atoms. The van der Waals surface area contributed by atoms with Crippen molar-refractivity contribution in [1.29, 1.82) is 0 Å². The van der Waals surface area contributed by atoms with Crippen molar-refractivity contribution < 1.29 is 19.1 Å². The molecule has 0 bridgehead atoms. The highest BCUT2D eigenvalue weighted by Gasteiger charge is 2.12. The molecule has 1 fully saturated rings. The van der Waals surface area contributed by atoms with Crippen molar-refractivity contribution in [3.63, 3.8) is 0 Å². The van der Waals surface area contributed by atoms with E-state index in [0.717, 1.165) is 25.9 Å². The summed E-state index contributed by atoms with van der Waals surface area (Å²) in [6.07, 6.45) is 2.47. The average Bonchev–Trinajstić information content (AvgIpc) is 2.55. The van der Waals surface area contributed by atoms with E-state index in [9.17, 15) is 10.1 Å². The van der Waals surface area contributed by atoms with Crippen LogP contribution < -0.4 is 10.1 Å². The molecule has 122 valence electrons. The Kier molecular flexibility index (Phi) is 7.08. The topological polar surface area (TPSA) is 82.9 Å². The number of nitrogens with zero attached hydrogens (tertiary/aromatic N) is 1. The maximum Gasteiger partial charge on any atom is 0.269 e. The van der Waals surface area contributed by atoms with Crippen LogP contribution in [-0.4, -0.2) is 50.5 Å². The van der Waals surface area contributed by atoms with Crippen molar-refractivity contribution in [2.45, 2.75) is 18.9 Å². The van der Waals surface area contributed by atoms with E-state index in [1.165, 1.54) is 12.1 Å². The summed E-state index contributed by atoms with van der Waals surface area (Å²) in [6, 6.07) is 6.00. The highest BCUT2D eigenvalue weighted by atomic mass is 16.6. The van der Waals surface area contributed by atoms with Crippen molar-refractivity contribution in [3.05, 3.63) is 34.4 Å². The smallest absolute Gasteiger partial charge is 0.269 e. The minimum absolute atomic E-state index is 0.0543. The molecule has 1 aromatic rings. The fourth-order valence-electron chi connectivity index (χ4n) is 2.22. The van der Waals surface area contributed by atoms with E-state index < -0.39 is 4.92 Å². The standard InChI is InChI=1S/C15H22N2O5/c18-17(19)13-1-3-14(4-2-13)21-11-9-20-10-12-22-15-5-7-16-8-6-15/h1-4,15-16H,5-12H2. The summed E-state index contributed by atoms with van der Waals surface area (Å²) >= 11 is 0. The lowest BCUT2D eigenvalue weighted by Gasteiger charge is -2.22. The van der Waals surface area contributed by atoms with Gasteiger partial charge in [0.25, 0.3) is 5.69 Å². The number of rotatable bonds is 9. The third-order valence-corrected chi connectivity index (χ3v) is 3.41. The van der Waals surface area contributed by atoms with Crippen molar-refractivity contribution in [3.8, 4) is 5.75 Å². The molecule has 7 heteroatoms. The van der Waals surface area contributed by atoms with Gasteiger partial charge in [-0.25, -0.2) is 0 Å². The van der Waals surface area contributed by atoms with Crippen LogP contribution in [0.2, 0.25) is 0 Å². The van der Waals surface area contributed by atoms with Crippen LogP contribution in [0.1, 0.15) is 12.8 Å². The molecular weight excluding hydrogens is 288 g/mol. The van der Waals surface area contributed by atoms with Crippen molar-refractivity contribution in [2.24, 2.45) is 0 Å². The number of nitro benzene ring substituents is 1. The Balaban J connectivity index is 1.49. The maximum atomic E-state index is 10.5. The van der Waals surface area contributed by atoms with Crippen molar-refractivity contribution in [2.75, 3.05) is 39.5 Å². The number of nitro groups is 1. The van der Waals surface area contributed by atoms with Crippen molar-refractivity contribution in [1.82, 2.24) is 5.32 Å². The Hall–Kier alpha value is -1.70. The van der Waals surface area contributed by atoms with Crippen molar-refractivity contribution >= 4 is 5.69 Å². The molecule has 1 saturated heterocycles. The minimum Gasteiger partial charge on any atom is -0.491 e. The SMILES string of the molecule is O=[N+]([O-])c1ccc(OCCOCCOC2CCNCC2)cc1. The highest BCUT2D eigenvalue weighted by molar-refractivity contribution is 5.35. The molecule has 2 rings (SSSR count). The summed E-state index contributed by atoms with van der Waals surface area (Å²) in [4.78, 5) is 10.1. The molecule has 1 heterocycles. The van der Waals surface area contributed by atoms with Crippen LogP contribution in [0.4, 0.5) is 5.69 Å². The fourth-order valence-corrected chi connectivity index (χ4v) is 2.22. The molecule has 1 N–H and O–H groups in total. The van der Waals surface area contributed by atoms with Gasteiger partial charge in [0.1, 0.15) is 12.4 Å². The first-order valence-corrected chi connectivity index (χ1v) is 7.53. The Labute approximate surface area is 129 Å². The number of non-ortho nitro benzene ring substituents is 1. The van der Waals surface area contributed by atoms with E-state index in [2.05, 4.69) is 5.32 Å². The Morgan fingerprint density at radius 1 is 1.09 bits per heavy atom. The van der Waals surface area contributed by atoms with Crippen LogP contribution >= 0.6 is 0 Å². The van der Waals surface area contributed by atoms with E-state index >= 15 is 0 Å². The number of hydrogen-bond acceptors (Lipinski definition) is 6. The summed E-state index contributed by atoms with van der Waals surface area (Å²) in [6.45, 7) is 4.07. The van der Waals surface area contributed by atoms with E-state index in [0.29, 0.717) is 38.3 Å². The second-order valence-corrected chi connectivity index (χ2v) is 5.03. The van der Waals surface area contributed by atoms with Crippen LogP contribution in [0.25, 0.3) is 0 Å². The molecule has 0 aromatic heterocycles. The van der Waals surface area contributed by atoms with Gasteiger partial charge in [-0.15, -0.1) is 0 Å². The molecule has 0 spiro atoms. The fraction of sp³-hybridized carbons (Fsp3) is 0.600. The molecule has 1 aliphatic heterocycles. The van der Waals surface area contributed by atoms with Crippen LogP contribution in [-0.2, 0) is 9.47 Å². The van der Waals surface area contributed by atoms with E-state index in [1.807, 2.05) is 0 Å². The normalized spacial score (nSPS) is 15.6. The minimum atomic E-state index is -0.435. The lowest BCUT2D eigenvalue weighted by atomic mass is 10.1. The predicted molar refractivity (Wildman–Crippen MR) is 81.3 cm³/mol. The summed E-state index contributed by atoms with van der Waals surface area (Å²) in [7, 11) is 0. The molecule has 0 aliphatic carbocycles. The number of hydrogen-bond donors (Lipinski definition) is 1. The quantitative estimate of drug-likeness (QED) is 0.425. The van der Waals surface area contributed by atoms with Gasteiger partial charge < -0.3 is 19.5 Å². The van der Waals surface area contributed by atoms with Gasteiger partial charge >= 0.3 is 0 Å². The monoisotopic (exact) mass is 310 g/mol. The zero-order valence-corrected chi connectivity index (χ0v) is 12.5. The van der Waals surface area contributed by atoms with Gasteiger partial charge in [0.2, 0.25) is 0 Å². The van der Waals surface area contributed by atoms with Gasteiger partial charge in [0.15, 0.2) is 0 Å². The molecule has 0 saturated carbocycles. The Morgan fingerprint density at radius 2 is 1.77 bits per heavy atom. The van der Waals surface area contributed by atoms with Gasteiger partial charge in [0, 0.05) is 12.1 Å². The highest BCUT2D eigenvalue weighted by Crippen LogP contribution is 2.17. The average molecular weight is 310 g/mol. The summed E-state index contributed by atoms with van der Waals surface area (Å²) in [5.41, 5.74) is 0.0543. The number of nitrogens with one attached hydrogen (secondary N) is 1. The zero-order valence-electron chi connectivity index (χ0n) is 12.5. The van der Waals surface area contributed by atoms with Crippen LogP contribution in [0, 0.1) is 10.1 Å². The largest absolute Gasteiger partial charge is 0.491 e. The molecule has 1 aromatic carbocycles. The van der Waals surface area contributed by atoms with Crippen LogP contribution in [0.15, 0.2) is 24.3 Å². The first kappa shape index (κ1) is 16.7. The van der Waals surface area contributed by atoms with Gasteiger partial charge in [-0.3, -0.25) is 10.1 Å². The number of benzene rings is 1. The maximum absolute atomic E-state index is 10.5. The van der Waals surface area contributed by atoms with Gasteiger partial charge in [0.05, 0.1) is 30.8 Å².